The standard InChI is InChI=1S/C13H18N2O3/c1-18-12-6-5-8(7-11(12)16)15-13(17)9-3-2-4-10(9)14/h5-7,9-10,16H,2-4,14H2,1H3,(H,15,17). The largest absolute Gasteiger partial charge is 0.504 e. The van der Waals surface area contributed by atoms with Gasteiger partial charge in [0.1, 0.15) is 0 Å². The van der Waals surface area contributed by atoms with E-state index in [-0.39, 0.29) is 23.6 Å². The molecule has 1 aliphatic carbocycles. The fraction of sp³-hybridized carbons (Fsp3) is 0.462. The van der Waals surface area contributed by atoms with E-state index in [4.69, 9.17) is 10.5 Å². The molecule has 2 unspecified atom stereocenters. The molecule has 1 aromatic rings. The Morgan fingerprint density at radius 3 is 2.83 bits per heavy atom. The minimum Gasteiger partial charge on any atom is -0.504 e. The average Bonchev–Trinajstić information content (AvgIpc) is 2.76. The second-order valence-corrected chi connectivity index (χ2v) is 4.58. The number of aromatic hydroxyl groups is 1. The minimum atomic E-state index is -0.130. The first-order valence-corrected chi connectivity index (χ1v) is 6.05. The van der Waals surface area contributed by atoms with Crippen molar-refractivity contribution in [3.05, 3.63) is 18.2 Å². The van der Waals surface area contributed by atoms with Crippen molar-refractivity contribution in [1.82, 2.24) is 0 Å². The van der Waals surface area contributed by atoms with Crippen LogP contribution in [-0.4, -0.2) is 24.2 Å². The predicted octanol–water partition coefficient (Wildman–Crippen LogP) is 1.47. The molecule has 1 amide bonds. The monoisotopic (exact) mass is 250 g/mol. The van der Waals surface area contributed by atoms with Gasteiger partial charge in [0, 0.05) is 17.8 Å². The highest BCUT2D eigenvalue weighted by Crippen LogP contribution is 2.30. The van der Waals surface area contributed by atoms with Gasteiger partial charge in [-0.1, -0.05) is 6.42 Å². The predicted molar refractivity (Wildman–Crippen MR) is 68.6 cm³/mol. The molecule has 0 aliphatic heterocycles. The van der Waals surface area contributed by atoms with Crippen molar-refractivity contribution in [3.8, 4) is 11.5 Å². The van der Waals surface area contributed by atoms with Gasteiger partial charge < -0.3 is 20.9 Å². The van der Waals surface area contributed by atoms with E-state index in [0.29, 0.717) is 11.4 Å². The number of phenols is 1. The summed E-state index contributed by atoms with van der Waals surface area (Å²) >= 11 is 0. The molecule has 0 heterocycles. The van der Waals surface area contributed by atoms with Crippen molar-refractivity contribution < 1.29 is 14.6 Å². The van der Waals surface area contributed by atoms with Crippen LogP contribution in [0, 0.1) is 5.92 Å². The van der Waals surface area contributed by atoms with E-state index in [1.54, 1.807) is 12.1 Å². The Bertz CT molecular complexity index is 448. The molecule has 1 aliphatic rings. The fourth-order valence-corrected chi connectivity index (χ4v) is 2.32. The first kappa shape index (κ1) is 12.7. The zero-order chi connectivity index (χ0) is 13.1. The number of ether oxygens (including phenoxy) is 1. The Morgan fingerprint density at radius 1 is 1.50 bits per heavy atom. The Morgan fingerprint density at radius 2 is 2.28 bits per heavy atom. The molecule has 5 heteroatoms. The van der Waals surface area contributed by atoms with Gasteiger partial charge in [-0.15, -0.1) is 0 Å². The van der Waals surface area contributed by atoms with Crippen molar-refractivity contribution in [1.29, 1.82) is 0 Å². The number of amides is 1. The summed E-state index contributed by atoms with van der Waals surface area (Å²) in [6, 6.07) is 4.71. The van der Waals surface area contributed by atoms with E-state index in [9.17, 15) is 9.90 Å². The third kappa shape index (κ3) is 2.56. The number of hydrogen-bond donors (Lipinski definition) is 3. The maximum absolute atomic E-state index is 12.0. The topological polar surface area (TPSA) is 84.6 Å². The van der Waals surface area contributed by atoms with Gasteiger partial charge in [-0.3, -0.25) is 4.79 Å². The number of nitrogens with one attached hydrogen (secondary N) is 1. The molecule has 2 atom stereocenters. The fourth-order valence-electron chi connectivity index (χ4n) is 2.32. The van der Waals surface area contributed by atoms with Crippen molar-refractivity contribution in [3.63, 3.8) is 0 Å². The molecule has 1 aromatic carbocycles. The van der Waals surface area contributed by atoms with Crippen molar-refractivity contribution in [2.75, 3.05) is 12.4 Å². The van der Waals surface area contributed by atoms with Crippen molar-refractivity contribution in [2.45, 2.75) is 25.3 Å². The summed E-state index contributed by atoms with van der Waals surface area (Å²) in [6.07, 6.45) is 2.72. The first-order chi connectivity index (χ1) is 8.61. The van der Waals surface area contributed by atoms with Gasteiger partial charge in [0.2, 0.25) is 5.91 Å². The Kier molecular flexibility index (Phi) is 3.72. The lowest BCUT2D eigenvalue weighted by atomic mass is 10.0. The van der Waals surface area contributed by atoms with Crippen LogP contribution in [-0.2, 0) is 4.79 Å². The number of hydrogen-bond acceptors (Lipinski definition) is 4. The number of nitrogens with two attached hydrogens (primary N) is 1. The highest BCUT2D eigenvalue weighted by atomic mass is 16.5. The van der Waals surface area contributed by atoms with E-state index >= 15 is 0 Å². The smallest absolute Gasteiger partial charge is 0.229 e. The lowest BCUT2D eigenvalue weighted by molar-refractivity contribution is -0.120. The summed E-state index contributed by atoms with van der Waals surface area (Å²) in [5.74, 6) is 0.176. The zero-order valence-corrected chi connectivity index (χ0v) is 10.3. The van der Waals surface area contributed by atoms with Crippen LogP contribution < -0.4 is 15.8 Å². The number of phenolic OH excluding ortho intramolecular Hbond substituents is 1. The maximum Gasteiger partial charge on any atom is 0.229 e. The van der Waals surface area contributed by atoms with Crippen LogP contribution >= 0.6 is 0 Å². The van der Waals surface area contributed by atoms with Crippen LogP contribution in [0.15, 0.2) is 18.2 Å². The van der Waals surface area contributed by atoms with Crippen LogP contribution in [0.4, 0.5) is 5.69 Å². The number of benzene rings is 1. The van der Waals surface area contributed by atoms with Gasteiger partial charge in [-0.2, -0.15) is 0 Å². The third-order valence-electron chi connectivity index (χ3n) is 3.35. The summed E-state index contributed by atoms with van der Waals surface area (Å²) in [5, 5.41) is 12.4. The number of anilines is 1. The third-order valence-corrected chi connectivity index (χ3v) is 3.35. The van der Waals surface area contributed by atoms with Crippen LogP contribution in [0.1, 0.15) is 19.3 Å². The van der Waals surface area contributed by atoms with Gasteiger partial charge >= 0.3 is 0 Å². The molecule has 5 nitrogen and oxygen atoms in total. The van der Waals surface area contributed by atoms with Crippen molar-refractivity contribution >= 4 is 11.6 Å². The Balaban J connectivity index is 2.05. The molecule has 18 heavy (non-hydrogen) atoms. The summed E-state index contributed by atoms with van der Waals surface area (Å²) in [5.41, 5.74) is 6.43. The Hall–Kier alpha value is -1.75. The highest BCUT2D eigenvalue weighted by molar-refractivity contribution is 5.93. The van der Waals surface area contributed by atoms with E-state index in [1.165, 1.54) is 13.2 Å². The Labute approximate surface area is 106 Å². The van der Waals surface area contributed by atoms with Gasteiger partial charge in [0.05, 0.1) is 13.0 Å². The van der Waals surface area contributed by atoms with Gasteiger partial charge in [0.15, 0.2) is 11.5 Å². The van der Waals surface area contributed by atoms with E-state index < -0.39 is 0 Å². The number of rotatable bonds is 3. The van der Waals surface area contributed by atoms with E-state index in [2.05, 4.69) is 5.32 Å². The van der Waals surface area contributed by atoms with Gasteiger partial charge in [0.25, 0.3) is 0 Å². The van der Waals surface area contributed by atoms with Crippen LogP contribution in [0.25, 0.3) is 0 Å². The van der Waals surface area contributed by atoms with Crippen LogP contribution in [0.5, 0.6) is 11.5 Å². The SMILES string of the molecule is COc1ccc(NC(=O)C2CCCC2N)cc1O. The average molecular weight is 250 g/mol. The maximum atomic E-state index is 12.0. The molecule has 1 fully saturated rings. The van der Waals surface area contributed by atoms with E-state index in [1.807, 2.05) is 0 Å². The zero-order valence-electron chi connectivity index (χ0n) is 10.3. The van der Waals surface area contributed by atoms with Gasteiger partial charge in [-0.25, -0.2) is 0 Å². The molecule has 0 radical (unpaired) electrons. The minimum absolute atomic E-state index is 0.00557. The first-order valence-electron chi connectivity index (χ1n) is 6.05. The molecule has 1 saturated carbocycles. The summed E-state index contributed by atoms with van der Waals surface area (Å²) in [4.78, 5) is 12.0. The van der Waals surface area contributed by atoms with Gasteiger partial charge in [-0.05, 0) is 25.0 Å². The lowest BCUT2D eigenvalue weighted by Crippen LogP contribution is -2.34. The summed E-state index contributed by atoms with van der Waals surface area (Å²) in [7, 11) is 1.48. The second-order valence-electron chi connectivity index (χ2n) is 4.58. The highest BCUT2D eigenvalue weighted by Gasteiger charge is 2.30. The number of carbonyl (C=O) groups excluding carboxylic acids is 1. The molecule has 98 valence electrons. The molecule has 0 bridgehead atoms. The molecular weight excluding hydrogens is 232 g/mol. The lowest BCUT2D eigenvalue weighted by Gasteiger charge is -2.15. The normalized spacial score (nSPS) is 22.8. The van der Waals surface area contributed by atoms with E-state index in [0.717, 1.165) is 19.3 Å². The molecule has 4 N–H and O–H groups in total. The summed E-state index contributed by atoms with van der Waals surface area (Å²) < 4.78 is 4.94. The number of carbonyl (C=O) groups is 1. The number of methoxy groups -OCH3 is 1. The molecule has 2 rings (SSSR count). The second kappa shape index (κ2) is 5.27. The molecular formula is C13H18N2O3. The molecule has 0 spiro atoms. The summed E-state index contributed by atoms with van der Waals surface area (Å²) in [6.45, 7) is 0. The molecule has 0 saturated heterocycles. The van der Waals surface area contributed by atoms with Crippen LogP contribution in [0.2, 0.25) is 0 Å². The quantitative estimate of drug-likeness (QED) is 0.758. The van der Waals surface area contributed by atoms with Crippen LogP contribution in [0.3, 0.4) is 0 Å². The van der Waals surface area contributed by atoms with Crippen molar-refractivity contribution in [2.24, 2.45) is 11.7 Å². The molecule has 0 aromatic heterocycles.